The second-order valence-corrected chi connectivity index (χ2v) is 2.26. The number of aromatic nitrogens is 2. The highest BCUT2D eigenvalue weighted by Gasteiger charge is 2.04. The van der Waals surface area contributed by atoms with Crippen LogP contribution in [0.25, 0.3) is 0 Å². The van der Waals surface area contributed by atoms with Crippen molar-refractivity contribution in [2.45, 2.75) is 13.0 Å². The average molecular weight is 222 g/mol. The Morgan fingerprint density at radius 2 is 2.07 bits per heavy atom. The average Bonchev–Trinajstić information content (AvgIpc) is 2.11. The number of carbonyl (C=O) groups is 1. The molecule has 0 aliphatic carbocycles. The van der Waals surface area contributed by atoms with Crippen molar-refractivity contribution in [1.82, 2.24) is 9.55 Å². The summed E-state index contributed by atoms with van der Waals surface area (Å²) < 4.78 is 24.2. The van der Waals surface area contributed by atoms with E-state index in [0.717, 1.165) is 16.8 Å². The molecule has 0 saturated heterocycles. The molecule has 2 N–H and O–H groups in total. The van der Waals surface area contributed by atoms with Crippen LogP contribution in [-0.2, 0) is 11.3 Å². The molecule has 6 nitrogen and oxygen atoms in total. The van der Waals surface area contributed by atoms with Crippen molar-refractivity contribution in [2.24, 2.45) is 0 Å². The Balaban J connectivity index is 0.000000583. The van der Waals surface area contributed by atoms with Gasteiger partial charge in [0.2, 0.25) is 0 Å². The highest BCUT2D eigenvalue weighted by atomic mass is 19.3. The summed E-state index contributed by atoms with van der Waals surface area (Å²) in [5, 5.41) is 6.89. The van der Waals surface area contributed by atoms with Crippen LogP contribution in [0.5, 0.6) is 0 Å². The summed E-state index contributed by atoms with van der Waals surface area (Å²) >= 11 is 0. The molecule has 0 radical (unpaired) electrons. The normalized spacial score (nSPS) is 9.27. The summed E-state index contributed by atoms with van der Waals surface area (Å²) in [6.07, 6.45) is -1.57. The van der Waals surface area contributed by atoms with Crippen LogP contribution >= 0.6 is 0 Å². The third kappa shape index (κ3) is 5.34. The van der Waals surface area contributed by atoms with E-state index in [4.69, 9.17) is 9.90 Å². The second-order valence-electron chi connectivity index (χ2n) is 2.26. The predicted molar refractivity (Wildman–Crippen MR) is 46.0 cm³/mol. The van der Waals surface area contributed by atoms with Crippen molar-refractivity contribution in [3.05, 3.63) is 33.1 Å². The van der Waals surface area contributed by atoms with Crippen LogP contribution in [0, 0.1) is 0 Å². The van der Waals surface area contributed by atoms with Gasteiger partial charge in [0.25, 0.3) is 18.5 Å². The molecule has 1 aromatic rings. The highest BCUT2D eigenvalue weighted by molar-refractivity contribution is 5.32. The van der Waals surface area contributed by atoms with E-state index in [1.807, 2.05) is 4.98 Å². The number of alkyl halides is 2. The van der Waals surface area contributed by atoms with Crippen LogP contribution < -0.4 is 11.2 Å². The number of hydrogen-bond acceptors (Lipinski definition) is 3. The van der Waals surface area contributed by atoms with Crippen molar-refractivity contribution >= 4 is 6.47 Å². The molecule has 0 atom stereocenters. The van der Waals surface area contributed by atoms with Gasteiger partial charge in [0.15, 0.2) is 0 Å². The molecule has 0 saturated carbocycles. The van der Waals surface area contributed by atoms with Gasteiger partial charge in [-0.05, 0) is 0 Å². The fourth-order valence-electron chi connectivity index (χ4n) is 0.737. The van der Waals surface area contributed by atoms with Crippen molar-refractivity contribution < 1.29 is 18.7 Å². The zero-order valence-corrected chi connectivity index (χ0v) is 7.39. The van der Waals surface area contributed by atoms with Gasteiger partial charge >= 0.3 is 5.69 Å². The van der Waals surface area contributed by atoms with Crippen LogP contribution in [0.1, 0.15) is 0 Å². The van der Waals surface area contributed by atoms with Gasteiger partial charge in [0, 0.05) is 12.3 Å². The number of H-pyrrole nitrogens is 1. The van der Waals surface area contributed by atoms with Crippen LogP contribution in [0.3, 0.4) is 0 Å². The Morgan fingerprint density at radius 1 is 1.53 bits per heavy atom. The Morgan fingerprint density at radius 3 is 2.47 bits per heavy atom. The molecule has 0 amide bonds. The molecule has 0 spiro atoms. The summed E-state index contributed by atoms with van der Waals surface area (Å²) in [7, 11) is 0. The summed E-state index contributed by atoms with van der Waals surface area (Å²) in [5.41, 5.74) is -1.41. The third-order valence-corrected chi connectivity index (χ3v) is 1.23. The van der Waals surface area contributed by atoms with Crippen molar-refractivity contribution in [2.75, 3.05) is 0 Å². The van der Waals surface area contributed by atoms with Crippen LogP contribution in [0.2, 0.25) is 0 Å². The van der Waals surface area contributed by atoms with Gasteiger partial charge in [-0.1, -0.05) is 0 Å². The third-order valence-electron chi connectivity index (χ3n) is 1.23. The Labute approximate surface area is 81.8 Å². The van der Waals surface area contributed by atoms with E-state index in [-0.39, 0.29) is 6.47 Å². The number of nitrogens with zero attached hydrogens (tertiary/aromatic N) is 1. The molecule has 0 fully saturated rings. The molecule has 0 bridgehead atoms. The first-order valence-electron chi connectivity index (χ1n) is 3.67. The van der Waals surface area contributed by atoms with E-state index in [2.05, 4.69) is 0 Å². The monoisotopic (exact) mass is 222 g/mol. The van der Waals surface area contributed by atoms with Crippen LogP contribution in [0.4, 0.5) is 8.78 Å². The topological polar surface area (TPSA) is 92.2 Å². The van der Waals surface area contributed by atoms with E-state index in [9.17, 15) is 18.4 Å². The molecule has 84 valence electrons. The minimum Gasteiger partial charge on any atom is -0.483 e. The summed E-state index contributed by atoms with van der Waals surface area (Å²) in [6.45, 7) is -0.949. The maximum atomic E-state index is 11.7. The second kappa shape index (κ2) is 6.46. The van der Waals surface area contributed by atoms with Crippen LogP contribution in [0.15, 0.2) is 21.9 Å². The number of aromatic amines is 1. The lowest BCUT2D eigenvalue weighted by Gasteiger charge is -2.01. The Hall–Kier alpha value is -1.99. The van der Waals surface area contributed by atoms with E-state index >= 15 is 0 Å². The number of carboxylic acid groups (broad SMARTS) is 1. The van der Waals surface area contributed by atoms with Crippen LogP contribution in [-0.4, -0.2) is 27.6 Å². The van der Waals surface area contributed by atoms with Crippen molar-refractivity contribution in [1.29, 1.82) is 0 Å². The molecular formula is C7H8F2N2O4. The Bertz CT molecular complexity index is 412. The lowest BCUT2D eigenvalue weighted by atomic mass is 10.6. The molecule has 0 unspecified atom stereocenters. The summed E-state index contributed by atoms with van der Waals surface area (Å²) in [6, 6.07) is 1.02. The van der Waals surface area contributed by atoms with E-state index < -0.39 is 24.2 Å². The summed E-state index contributed by atoms with van der Waals surface area (Å²) in [4.78, 5) is 31.4. The quantitative estimate of drug-likeness (QED) is 0.660. The van der Waals surface area contributed by atoms with E-state index in [1.54, 1.807) is 0 Å². The molecule has 0 aromatic carbocycles. The molecule has 1 aromatic heterocycles. The van der Waals surface area contributed by atoms with Gasteiger partial charge in [-0.25, -0.2) is 13.6 Å². The maximum Gasteiger partial charge on any atom is 0.328 e. The number of rotatable bonds is 2. The first-order chi connectivity index (χ1) is 7.01. The minimum atomic E-state index is -2.60. The van der Waals surface area contributed by atoms with Crippen molar-refractivity contribution in [3.63, 3.8) is 0 Å². The van der Waals surface area contributed by atoms with Crippen molar-refractivity contribution in [3.8, 4) is 0 Å². The van der Waals surface area contributed by atoms with E-state index in [0.29, 0.717) is 0 Å². The lowest BCUT2D eigenvalue weighted by Crippen LogP contribution is -2.30. The van der Waals surface area contributed by atoms with Gasteiger partial charge in [0.05, 0.1) is 6.54 Å². The zero-order chi connectivity index (χ0) is 11.8. The highest BCUT2D eigenvalue weighted by Crippen LogP contribution is 1.93. The smallest absolute Gasteiger partial charge is 0.328 e. The number of hydrogen-bond donors (Lipinski definition) is 2. The summed E-state index contributed by atoms with van der Waals surface area (Å²) in [5.74, 6) is 0. The minimum absolute atomic E-state index is 0.250. The predicted octanol–water partition coefficient (Wildman–Crippen LogP) is -0.498. The standard InChI is InChI=1S/C6H6F2N2O2.CH2O2/c7-4(8)3-10-2-1-5(11)9-6(10)12;2-1-3/h1-2,4H,3H2,(H,9,11,12);1H,(H,2,3). The van der Waals surface area contributed by atoms with Gasteiger partial charge < -0.3 is 5.11 Å². The number of nitrogens with one attached hydrogen (secondary N) is 1. The largest absolute Gasteiger partial charge is 0.483 e. The van der Waals surface area contributed by atoms with E-state index in [1.165, 1.54) is 0 Å². The fourth-order valence-corrected chi connectivity index (χ4v) is 0.737. The first kappa shape index (κ1) is 13.0. The molecule has 8 heteroatoms. The SMILES string of the molecule is O=CO.O=c1ccn(CC(F)F)c(=O)[nH]1. The fraction of sp³-hybridized carbons (Fsp3) is 0.286. The first-order valence-corrected chi connectivity index (χ1v) is 3.67. The van der Waals surface area contributed by atoms with Gasteiger partial charge in [-0.2, -0.15) is 0 Å². The molecular weight excluding hydrogens is 214 g/mol. The maximum absolute atomic E-state index is 11.7. The molecule has 0 aliphatic rings. The molecule has 0 aliphatic heterocycles. The van der Waals surface area contributed by atoms with Gasteiger partial charge in [0.1, 0.15) is 0 Å². The molecule has 1 rings (SSSR count). The number of halogens is 2. The zero-order valence-electron chi connectivity index (χ0n) is 7.39. The van der Waals surface area contributed by atoms with Gasteiger partial charge in [-0.15, -0.1) is 0 Å². The van der Waals surface area contributed by atoms with Gasteiger partial charge in [-0.3, -0.25) is 19.1 Å². The molecule has 15 heavy (non-hydrogen) atoms. The Kier molecular flexibility index (Phi) is 5.60. The molecule has 1 heterocycles. The lowest BCUT2D eigenvalue weighted by molar-refractivity contribution is -0.122.